The molecule has 0 aliphatic carbocycles. The van der Waals surface area contributed by atoms with Gasteiger partial charge in [0, 0.05) is 33.3 Å². The zero-order chi connectivity index (χ0) is 20.8. The Hall–Kier alpha value is -3.56. The van der Waals surface area contributed by atoms with Crippen LogP contribution in [0.1, 0.15) is 20.7 Å². The lowest BCUT2D eigenvalue weighted by Crippen LogP contribution is -2.07. The molecule has 0 atom stereocenters. The van der Waals surface area contributed by atoms with Gasteiger partial charge in [0.25, 0.3) is 0 Å². The molecule has 0 spiro atoms. The Labute approximate surface area is 166 Å². The molecule has 142 valence electrons. The first-order valence-electron chi connectivity index (χ1n) is 7.05. The summed E-state index contributed by atoms with van der Waals surface area (Å²) in [5, 5.41) is 6.36. The third kappa shape index (κ3) is 3.75. The van der Waals surface area contributed by atoms with Crippen LogP contribution in [0.3, 0.4) is 0 Å². The Morgan fingerprint density at radius 1 is 0.893 bits per heavy atom. The molecule has 0 radical (unpaired) electrons. The van der Waals surface area contributed by atoms with Gasteiger partial charge in [-0.15, -0.1) is 0 Å². The standard InChI is InChI=1S/C14H8Cl2N8O4/c1-27-13(25)7-9(21-23-17)5(3-19-11(7)15)6-4-20-12(16)8(14(26)28-2)10(6)22-24-18/h3-4H,1-2H3. The lowest BCUT2D eigenvalue weighted by atomic mass is 10.0. The van der Waals surface area contributed by atoms with Crippen molar-refractivity contribution in [2.75, 3.05) is 14.2 Å². The maximum Gasteiger partial charge on any atom is 0.341 e. The van der Waals surface area contributed by atoms with Crippen molar-refractivity contribution in [2.24, 2.45) is 10.2 Å². The minimum absolute atomic E-state index is 0.0145. The third-order valence-electron chi connectivity index (χ3n) is 3.37. The Morgan fingerprint density at radius 2 is 1.25 bits per heavy atom. The van der Waals surface area contributed by atoms with Crippen LogP contribution >= 0.6 is 23.2 Å². The molecule has 28 heavy (non-hydrogen) atoms. The van der Waals surface area contributed by atoms with Crippen LogP contribution in [-0.4, -0.2) is 36.1 Å². The van der Waals surface area contributed by atoms with Gasteiger partial charge in [-0.1, -0.05) is 33.4 Å². The van der Waals surface area contributed by atoms with Gasteiger partial charge in [-0.25, -0.2) is 19.6 Å². The number of esters is 2. The molecule has 0 bridgehead atoms. The van der Waals surface area contributed by atoms with Gasteiger partial charge < -0.3 is 9.47 Å². The van der Waals surface area contributed by atoms with E-state index in [1.54, 1.807) is 0 Å². The molecule has 12 nitrogen and oxygen atoms in total. The number of ether oxygens (including phenoxy) is 2. The SMILES string of the molecule is COC(=O)c1c(Cl)ncc(-c2cnc(Cl)c(C(=O)OC)c2N=[N+]=[N-])c1N=[N+]=[N-]. The van der Waals surface area contributed by atoms with Gasteiger partial charge in [0.05, 0.1) is 25.6 Å². The van der Waals surface area contributed by atoms with Crippen molar-refractivity contribution in [3.8, 4) is 11.1 Å². The van der Waals surface area contributed by atoms with Crippen LogP contribution in [-0.2, 0) is 9.47 Å². The normalized spacial score (nSPS) is 9.71. The zero-order valence-corrected chi connectivity index (χ0v) is 15.6. The van der Waals surface area contributed by atoms with Crippen molar-refractivity contribution >= 4 is 46.5 Å². The largest absolute Gasteiger partial charge is 0.465 e. The van der Waals surface area contributed by atoms with E-state index in [0.29, 0.717) is 0 Å². The first kappa shape index (κ1) is 20.7. The lowest BCUT2D eigenvalue weighted by Gasteiger charge is -2.14. The summed E-state index contributed by atoms with van der Waals surface area (Å²) < 4.78 is 9.26. The smallest absolute Gasteiger partial charge is 0.341 e. The molecule has 0 aliphatic heterocycles. The first-order chi connectivity index (χ1) is 13.4. The van der Waals surface area contributed by atoms with E-state index < -0.39 is 11.9 Å². The van der Waals surface area contributed by atoms with Crippen molar-refractivity contribution in [2.45, 2.75) is 0 Å². The van der Waals surface area contributed by atoms with Gasteiger partial charge >= 0.3 is 11.9 Å². The average Bonchev–Trinajstić information content (AvgIpc) is 2.68. The highest BCUT2D eigenvalue weighted by atomic mass is 35.5. The number of carbonyl (C=O) groups excluding carboxylic acids is 2. The number of azide groups is 2. The molecule has 0 N–H and O–H groups in total. The number of hydrogen-bond acceptors (Lipinski definition) is 8. The molecule has 2 aromatic heterocycles. The molecule has 0 unspecified atom stereocenters. The molecule has 0 saturated carbocycles. The molecule has 2 rings (SSSR count). The Morgan fingerprint density at radius 3 is 1.54 bits per heavy atom. The van der Waals surface area contributed by atoms with Crippen LogP contribution in [0.15, 0.2) is 22.6 Å². The summed E-state index contributed by atoms with van der Waals surface area (Å²) in [5.41, 5.74) is 16.6. The van der Waals surface area contributed by atoms with E-state index in [-0.39, 0.29) is 43.9 Å². The van der Waals surface area contributed by atoms with E-state index in [2.05, 4.69) is 39.5 Å². The topological polar surface area (TPSA) is 176 Å². The number of hydrogen-bond donors (Lipinski definition) is 0. The van der Waals surface area contributed by atoms with Gasteiger partial charge in [0.15, 0.2) is 0 Å². The second kappa shape index (κ2) is 8.89. The Balaban J connectivity index is 3.00. The van der Waals surface area contributed by atoms with Gasteiger partial charge in [-0.05, 0) is 11.1 Å². The molecular weight excluding hydrogens is 415 g/mol. The minimum atomic E-state index is -0.929. The van der Waals surface area contributed by atoms with E-state index in [0.717, 1.165) is 26.6 Å². The number of methoxy groups -OCH3 is 2. The van der Waals surface area contributed by atoms with E-state index in [1.165, 1.54) is 0 Å². The van der Waals surface area contributed by atoms with E-state index in [9.17, 15) is 9.59 Å². The van der Waals surface area contributed by atoms with Crippen LogP contribution in [0.25, 0.3) is 32.0 Å². The van der Waals surface area contributed by atoms with Crippen molar-refractivity contribution in [1.29, 1.82) is 0 Å². The number of halogens is 2. The third-order valence-corrected chi connectivity index (χ3v) is 3.94. The Kier molecular flexibility index (Phi) is 6.59. The molecule has 0 saturated heterocycles. The number of pyridine rings is 2. The quantitative estimate of drug-likeness (QED) is 0.217. The highest BCUT2D eigenvalue weighted by Gasteiger charge is 2.26. The van der Waals surface area contributed by atoms with Crippen LogP contribution < -0.4 is 0 Å². The van der Waals surface area contributed by atoms with Crippen LogP contribution in [0.4, 0.5) is 11.4 Å². The zero-order valence-electron chi connectivity index (χ0n) is 14.1. The average molecular weight is 423 g/mol. The molecule has 2 heterocycles. The van der Waals surface area contributed by atoms with Crippen LogP contribution in [0, 0.1) is 0 Å². The monoisotopic (exact) mass is 422 g/mol. The fourth-order valence-corrected chi connectivity index (χ4v) is 2.65. The van der Waals surface area contributed by atoms with Crippen molar-refractivity contribution < 1.29 is 19.1 Å². The van der Waals surface area contributed by atoms with Crippen molar-refractivity contribution in [1.82, 2.24) is 9.97 Å². The summed E-state index contributed by atoms with van der Waals surface area (Å²) in [4.78, 5) is 37.2. The van der Waals surface area contributed by atoms with Crippen molar-refractivity contribution in [3.05, 3.63) is 54.7 Å². The number of nitrogens with zero attached hydrogens (tertiary/aromatic N) is 8. The van der Waals surface area contributed by atoms with Gasteiger partial charge in [0.1, 0.15) is 21.4 Å². The van der Waals surface area contributed by atoms with Gasteiger partial charge in [0.2, 0.25) is 0 Å². The Bertz CT molecular complexity index is 992. The summed E-state index contributed by atoms with van der Waals surface area (Å²) in [6.07, 6.45) is 2.28. The van der Waals surface area contributed by atoms with Crippen LogP contribution in [0.2, 0.25) is 10.3 Å². The number of aromatic nitrogens is 2. The maximum atomic E-state index is 12.1. The van der Waals surface area contributed by atoms with Crippen LogP contribution in [0.5, 0.6) is 0 Å². The van der Waals surface area contributed by atoms with E-state index in [1.807, 2.05) is 0 Å². The first-order valence-corrected chi connectivity index (χ1v) is 7.81. The van der Waals surface area contributed by atoms with Gasteiger partial charge in [-0.2, -0.15) is 0 Å². The molecule has 0 aliphatic rings. The highest BCUT2D eigenvalue weighted by Crippen LogP contribution is 2.43. The second-order valence-corrected chi connectivity index (χ2v) is 5.45. The summed E-state index contributed by atoms with van der Waals surface area (Å²) in [7, 11) is 2.19. The fourth-order valence-electron chi connectivity index (χ4n) is 2.22. The number of carbonyl (C=O) groups is 2. The molecule has 14 heteroatoms. The van der Waals surface area contributed by atoms with Crippen molar-refractivity contribution in [3.63, 3.8) is 0 Å². The molecule has 0 fully saturated rings. The lowest BCUT2D eigenvalue weighted by molar-refractivity contribution is 0.0592. The maximum absolute atomic E-state index is 12.1. The summed E-state index contributed by atoms with van der Waals surface area (Å²) >= 11 is 11.9. The predicted octanol–water partition coefficient (Wildman–Crippen LogP) is 4.91. The predicted molar refractivity (Wildman–Crippen MR) is 97.8 cm³/mol. The summed E-state index contributed by atoms with van der Waals surface area (Å²) in [6, 6.07) is 0. The summed E-state index contributed by atoms with van der Waals surface area (Å²) in [6.45, 7) is 0. The highest BCUT2D eigenvalue weighted by molar-refractivity contribution is 6.34. The molecule has 0 aromatic carbocycles. The summed E-state index contributed by atoms with van der Waals surface area (Å²) in [5.74, 6) is -1.86. The fraction of sp³-hybridized carbons (Fsp3) is 0.143. The second-order valence-electron chi connectivity index (χ2n) is 4.73. The molecular formula is C14H8Cl2N8O4. The van der Waals surface area contributed by atoms with E-state index >= 15 is 0 Å². The van der Waals surface area contributed by atoms with E-state index in [4.69, 9.17) is 34.3 Å². The number of rotatable bonds is 5. The molecule has 0 amide bonds. The minimum Gasteiger partial charge on any atom is -0.465 e. The molecule has 2 aromatic rings. The van der Waals surface area contributed by atoms with Gasteiger partial charge in [-0.3, -0.25) is 0 Å².